The number of aromatic nitrogens is 1. The van der Waals surface area contributed by atoms with Crippen molar-refractivity contribution in [3.05, 3.63) is 70.4 Å². The van der Waals surface area contributed by atoms with Gasteiger partial charge in [0, 0.05) is 35.6 Å². The van der Waals surface area contributed by atoms with Crippen molar-refractivity contribution in [1.29, 1.82) is 0 Å². The number of hydrogen-bond acceptors (Lipinski definition) is 8. The van der Waals surface area contributed by atoms with Crippen LogP contribution in [0.25, 0.3) is 0 Å². The Hall–Kier alpha value is -4.27. The molecule has 36 heavy (non-hydrogen) atoms. The van der Waals surface area contributed by atoms with Crippen molar-refractivity contribution < 1.29 is 19.1 Å². The van der Waals surface area contributed by atoms with Gasteiger partial charge in [0.15, 0.2) is 0 Å². The molecule has 2 heterocycles. The molecule has 9 nitrogen and oxygen atoms in total. The van der Waals surface area contributed by atoms with Crippen LogP contribution in [0.3, 0.4) is 0 Å². The van der Waals surface area contributed by atoms with Gasteiger partial charge < -0.3 is 31.1 Å². The SMILES string of the molecule is CON=C1CC(C)(COc2cccc(NC(=O)c3ccc(N)nc3)c2)Oc2c(C)c(C)c(N)c(C)c21. The molecule has 1 aliphatic heterocycles. The number of nitrogens with one attached hydrogen (secondary N) is 1. The van der Waals surface area contributed by atoms with E-state index in [1.165, 1.54) is 13.3 Å². The van der Waals surface area contributed by atoms with Crippen LogP contribution in [-0.2, 0) is 4.84 Å². The monoisotopic (exact) mass is 489 g/mol. The van der Waals surface area contributed by atoms with Crippen molar-refractivity contribution in [2.75, 3.05) is 30.5 Å². The third kappa shape index (κ3) is 4.91. The van der Waals surface area contributed by atoms with Crippen molar-refractivity contribution in [3.8, 4) is 11.5 Å². The minimum atomic E-state index is -0.709. The zero-order valence-corrected chi connectivity index (χ0v) is 21.1. The molecule has 0 saturated heterocycles. The third-order valence-corrected chi connectivity index (χ3v) is 6.38. The Labute approximate surface area is 210 Å². The first-order chi connectivity index (χ1) is 17.1. The summed E-state index contributed by atoms with van der Waals surface area (Å²) in [6.07, 6.45) is 1.90. The molecule has 0 spiro atoms. The second-order valence-electron chi connectivity index (χ2n) is 9.18. The standard InChI is InChI=1S/C27H31N5O4/c1-15-16(2)25-23(17(3)24(15)29)21(32-34-5)12-27(4,36-25)14-35-20-8-6-7-19(11-20)31-26(33)18-9-10-22(28)30-13-18/h6-11,13H,12,14,29H2,1-5H3,(H2,28,30)(H,31,33). The molecule has 4 rings (SSSR count). The third-order valence-electron chi connectivity index (χ3n) is 6.38. The fraction of sp³-hybridized carbons (Fsp3) is 0.296. The molecule has 9 heteroatoms. The maximum atomic E-state index is 12.5. The molecular formula is C27H31N5O4. The highest BCUT2D eigenvalue weighted by atomic mass is 16.6. The van der Waals surface area contributed by atoms with E-state index in [9.17, 15) is 4.79 Å². The van der Waals surface area contributed by atoms with Gasteiger partial charge >= 0.3 is 0 Å². The zero-order chi connectivity index (χ0) is 26.0. The molecular weight excluding hydrogens is 458 g/mol. The molecule has 0 fully saturated rings. The molecule has 5 N–H and O–H groups in total. The number of nitrogens with zero attached hydrogens (tertiary/aromatic N) is 2. The second-order valence-corrected chi connectivity index (χ2v) is 9.18. The number of oxime groups is 1. The Kier molecular flexibility index (Phi) is 6.74. The molecule has 1 unspecified atom stereocenters. The van der Waals surface area contributed by atoms with E-state index in [-0.39, 0.29) is 12.5 Å². The van der Waals surface area contributed by atoms with Gasteiger partial charge in [-0.05, 0) is 68.7 Å². The van der Waals surface area contributed by atoms with Crippen LogP contribution in [0.5, 0.6) is 11.5 Å². The van der Waals surface area contributed by atoms with Gasteiger partial charge in [-0.25, -0.2) is 4.98 Å². The van der Waals surface area contributed by atoms with Crippen LogP contribution in [0.4, 0.5) is 17.2 Å². The summed E-state index contributed by atoms with van der Waals surface area (Å²) in [7, 11) is 1.52. The molecule has 1 aliphatic rings. The van der Waals surface area contributed by atoms with Gasteiger partial charge in [-0.2, -0.15) is 0 Å². The van der Waals surface area contributed by atoms with Crippen LogP contribution in [0.2, 0.25) is 0 Å². The summed E-state index contributed by atoms with van der Waals surface area (Å²) in [5.41, 5.74) is 17.5. The minimum Gasteiger partial charge on any atom is -0.489 e. The van der Waals surface area contributed by atoms with Crippen LogP contribution in [0.15, 0.2) is 47.8 Å². The van der Waals surface area contributed by atoms with Crippen molar-refractivity contribution in [2.45, 2.75) is 39.7 Å². The summed E-state index contributed by atoms with van der Waals surface area (Å²) >= 11 is 0. The van der Waals surface area contributed by atoms with Crippen LogP contribution in [-0.4, -0.2) is 35.9 Å². The average Bonchev–Trinajstić information content (AvgIpc) is 2.85. The molecule has 3 aromatic rings. The largest absolute Gasteiger partial charge is 0.489 e. The maximum Gasteiger partial charge on any atom is 0.257 e. The molecule has 2 aromatic carbocycles. The van der Waals surface area contributed by atoms with E-state index >= 15 is 0 Å². The van der Waals surface area contributed by atoms with Crippen molar-refractivity contribution in [3.63, 3.8) is 0 Å². The number of rotatable bonds is 6. The van der Waals surface area contributed by atoms with E-state index in [4.69, 9.17) is 25.8 Å². The molecule has 1 atom stereocenters. The van der Waals surface area contributed by atoms with Gasteiger partial charge in [0.1, 0.15) is 36.6 Å². The van der Waals surface area contributed by atoms with E-state index in [0.29, 0.717) is 29.2 Å². The summed E-state index contributed by atoms with van der Waals surface area (Å²) in [5, 5.41) is 7.14. The Balaban J connectivity index is 1.53. The Bertz CT molecular complexity index is 1340. The van der Waals surface area contributed by atoms with Crippen LogP contribution in [0.1, 0.15) is 46.0 Å². The quantitative estimate of drug-likeness (QED) is 0.345. The summed E-state index contributed by atoms with van der Waals surface area (Å²) in [6, 6.07) is 10.4. The number of carbonyl (C=O) groups is 1. The first kappa shape index (κ1) is 24.8. The minimum absolute atomic E-state index is 0.246. The van der Waals surface area contributed by atoms with Gasteiger partial charge in [-0.3, -0.25) is 4.79 Å². The lowest BCUT2D eigenvalue weighted by Gasteiger charge is -2.38. The van der Waals surface area contributed by atoms with Crippen LogP contribution >= 0.6 is 0 Å². The number of fused-ring (bicyclic) bond motifs is 1. The lowest BCUT2D eigenvalue weighted by molar-refractivity contribution is 0.0353. The highest BCUT2D eigenvalue weighted by Crippen LogP contribution is 2.42. The zero-order valence-electron chi connectivity index (χ0n) is 21.1. The van der Waals surface area contributed by atoms with E-state index in [1.807, 2.05) is 39.8 Å². The van der Waals surface area contributed by atoms with E-state index in [2.05, 4.69) is 15.5 Å². The topological polar surface area (TPSA) is 134 Å². The highest BCUT2D eigenvalue weighted by Gasteiger charge is 2.39. The molecule has 0 radical (unpaired) electrons. The number of carbonyl (C=O) groups excluding carboxylic acids is 1. The first-order valence-electron chi connectivity index (χ1n) is 11.6. The lowest BCUT2D eigenvalue weighted by Crippen LogP contribution is -2.45. The highest BCUT2D eigenvalue weighted by molar-refractivity contribution is 6.07. The number of nitrogens with two attached hydrogens (primary N) is 2. The Morgan fingerprint density at radius 3 is 2.64 bits per heavy atom. The summed E-state index contributed by atoms with van der Waals surface area (Å²) < 4.78 is 12.7. The van der Waals surface area contributed by atoms with Crippen molar-refractivity contribution in [2.24, 2.45) is 5.16 Å². The molecule has 0 saturated carbocycles. The fourth-order valence-corrected chi connectivity index (χ4v) is 4.26. The maximum absolute atomic E-state index is 12.5. The van der Waals surface area contributed by atoms with Crippen molar-refractivity contribution in [1.82, 2.24) is 4.98 Å². The van der Waals surface area contributed by atoms with Gasteiger partial charge in [-0.1, -0.05) is 11.2 Å². The predicted octanol–water partition coefficient (Wildman–Crippen LogP) is 4.39. The van der Waals surface area contributed by atoms with Gasteiger partial charge in [0.25, 0.3) is 5.91 Å². The van der Waals surface area contributed by atoms with E-state index < -0.39 is 5.60 Å². The number of amides is 1. The van der Waals surface area contributed by atoms with E-state index in [0.717, 1.165) is 39.4 Å². The Morgan fingerprint density at radius 1 is 1.17 bits per heavy atom. The Morgan fingerprint density at radius 2 is 1.94 bits per heavy atom. The van der Waals surface area contributed by atoms with Gasteiger partial charge in [-0.15, -0.1) is 0 Å². The van der Waals surface area contributed by atoms with E-state index in [1.54, 1.807) is 24.3 Å². The number of ether oxygens (including phenoxy) is 2. The lowest BCUT2D eigenvalue weighted by atomic mass is 9.85. The van der Waals surface area contributed by atoms with Crippen LogP contribution < -0.4 is 26.3 Å². The van der Waals surface area contributed by atoms with Gasteiger partial charge in [0.2, 0.25) is 0 Å². The fourth-order valence-electron chi connectivity index (χ4n) is 4.26. The number of benzene rings is 2. The molecule has 0 aliphatic carbocycles. The molecule has 1 amide bonds. The molecule has 0 bridgehead atoms. The number of anilines is 3. The summed E-state index contributed by atoms with van der Waals surface area (Å²) in [4.78, 5) is 21.6. The average molecular weight is 490 g/mol. The van der Waals surface area contributed by atoms with Gasteiger partial charge in [0.05, 0.1) is 11.3 Å². The molecule has 188 valence electrons. The van der Waals surface area contributed by atoms with Crippen LogP contribution in [0, 0.1) is 20.8 Å². The summed E-state index contributed by atoms with van der Waals surface area (Å²) in [6.45, 7) is 8.16. The number of nitrogen functional groups attached to an aromatic ring is 2. The predicted molar refractivity (Wildman–Crippen MR) is 141 cm³/mol. The molecule has 1 aromatic heterocycles. The smallest absolute Gasteiger partial charge is 0.257 e. The second kappa shape index (κ2) is 9.77. The number of pyridine rings is 1. The first-order valence-corrected chi connectivity index (χ1v) is 11.6. The summed E-state index contributed by atoms with van der Waals surface area (Å²) in [5.74, 6) is 1.39. The number of hydrogen-bond donors (Lipinski definition) is 3. The normalized spacial score (nSPS) is 17.8. The van der Waals surface area contributed by atoms with Crippen molar-refractivity contribution >= 4 is 28.8 Å².